The van der Waals surface area contributed by atoms with Crippen molar-refractivity contribution in [1.29, 1.82) is 0 Å². The molecule has 0 saturated carbocycles. The summed E-state index contributed by atoms with van der Waals surface area (Å²) in [5.74, 6) is 1.88. The van der Waals surface area contributed by atoms with Crippen molar-refractivity contribution < 1.29 is 8.78 Å². The van der Waals surface area contributed by atoms with E-state index < -0.39 is 11.6 Å². The summed E-state index contributed by atoms with van der Waals surface area (Å²) in [5, 5.41) is 8.92. The lowest BCUT2D eigenvalue weighted by Crippen LogP contribution is -2.54. The number of hydrogen-bond acceptors (Lipinski definition) is 6. The molecule has 0 unspecified atom stereocenters. The summed E-state index contributed by atoms with van der Waals surface area (Å²) in [6.07, 6.45) is 9.01. The Kier molecular flexibility index (Phi) is 4.33. The number of anilines is 1. The largest absolute Gasteiger partial charge is 0.342 e. The Morgan fingerprint density at radius 3 is 2.82 bits per heavy atom. The van der Waals surface area contributed by atoms with Crippen molar-refractivity contribution >= 4 is 5.82 Å². The molecule has 6 rings (SSSR count). The minimum Gasteiger partial charge on any atom is -0.342 e. The molecular formula is C23H22F2N8. The van der Waals surface area contributed by atoms with Crippen molar-refractivity contribution in [2.75, 3.05) is 11.4 Å². The average Bonchev–Trinajstić information content (AvgIpc) is 3.46. The molecule has 168 valence electrons. The topological polar surface area (TPSA) is 77.5 Å². The minimum absolute atomic E-state index is 0.181. The normalized spacial score (nSPS) is 19.2. The molecular weight excluding hydrogens is 426 g/mol. The Labute approximate surface area is 189 Å². The van der Waals surface area contributed by atoms with Gasteiger partial charge < -0.3 is 4.90 Å². The highest BCUT2D eigenvalue weighted by molar-refractivity contribution is 5.65. The molecule has 3 aromatic heterocycles. The zero-order valence-corrected chi connectivity index (χ0v) is 18.3. The van der Waals surface area contributed by atoms with Gasteiger partial charge in [-0.1, -0.05) is 6.92 Å². The van der Waals surface area contributed by atoms with Gasteiger partial charge in [-0.15, -0.1) is 10.2 Å². The highest BCUT2D eigenvalue weighted by atomic mass is 19.1. The van der Waals surface area contributed by atoms with Crippen LogP contribution in [0, 0.1) is 18.6 Å². The first kappa shape index (κ1) is 20.0. The van der Waals surface area contributed by atoms with E-state index >= 15 is 0 Å². The van der Waals surface area contributed by atoms with Crippen LogP contribution in [0.4, 0.5) is 14.6 Å². The first-order chi connectivity index (χ1) is 16.0. The molecule has 5 heterocycles. The summed E-state index contributed by atoms with van der Waals surface area (Å²) in [4.78, 5) is 16.2. The summed E-state index contributed by atoms with van der Waals surface area (Å²) in [5.41, 5.74) is 0.733. The number of hydrogen-bond donors (Lipinski definition) is 0. The third-order valence-electron chi connectivity index (χ3n) is 6.83. The van der Waals surface area contributed by atoms with Crippen LogP contribution in [-0.2, 0) is 5.54 Å². The maximum Gasteiger partial charge on any atom is 0.237 e. The first-order valence-corrected chi connectivity index (χ1v) is 11.1. The predicted molar refractivity (Wildman–Crippen MR) is 117 cm³/mol. The van der Waals surface area contributed by atoms with Gasteiger partial charge in [0.15, 0.2) is 11.6 Å². The number of halogens is 2. The van der Waals surface area contributed by atoms with Gasteiger partial charge in [0.25, 0.3) is 0 Å². The van der Waals surface area contributed by atoms with Crippen LogP contribution in [0.2, 0.25) is 0 Å². The lowest BCUT2D eigenvalue weighted by atomic mass is 9.82. The van der Waals surface area contributed by atoms with Crippen LogP contribution >= 0.6 is 0 Å². The second kappa shape index (κ2) is 7.16. The van der Waals surface area contributed by atoms with Gasteiger partial charge in [0.1, 0.15) is 34.5 Å². The third-order valence-corrected chi connectivity index (χ3v) is 6.83. The summed E-state index contributed by atoms with van der Waals surface area (Å²) >= 11 is 0. The summed E-state index contributed by atoms with van der Waals surface area (Å²) in [6, 6.07) is 3.44. The van der Waals surface area contributed by atoms with Gasteiger partial charge in [-0.3, -0.25) is 9.13 Å². The van der Waals surface area contributed by atoms with Crippen LogP contribution < -0.4 is 4.90 Å². The van der Waals surface area contributed by atoms with Crippen LogP contribution in [0.25, 0.3) is 23.0 Å². The van der Waals surface area contributed by atoms with Crippen molar-refractivity contribution in [1.82, 2.24) is 34.3 Å². The molecule has 10 heteroatoms. The Bertz CT molecular complexity index is 1380. The van der Waals surface area contributed by atoms with Gasteiger partial charge in [-0.25, -0.2) is 18.7 Å². The van der Waals surface area contributed by atoms with E-state index in [0.717, 1.165) is 61.4 Å². The van der Waals surface area contributed by atoms with Gasteiger partial charge in [-0.05, 0) is 44.7 Å². The molecule has 0 amide bonds. The molecule has 8 nitrogen and oxygen atoms in total. The molecule has 2 aliphatic rings. The van der Waals surface area contributed by atoms with E-state index in [-0.39, 0.29) is 11.1 Å². The Balaban J connectivity index is 1.54. The highest BCUT2D eigenvalue weighted by Gasteiger charge is 2.48. The molecule has 2 aliphatic heterocycles. The van der Waals surface area contributed by atoms with E-state index in [1.54, 1.807) is 23.2 Å². The second-order valence-electron chi connectivity index (χ2n) is 8.52. The fourth-order valence-electron chi connectivity index (χ4n) is 5.22. The van der Waals surface area contributed by atoms with E-state index in [1.807, 2.05) is 6.92 Å². The molecule has 1 fully saturated rings. The Hall–Kier alpha value is -3.69. The average molecular weight is 448 g/mol. The molecule has 1 saturated heterocycles. The summed E-state index contributed by atoms with van der Waals surface area (Å²) in [6.45, 7) is 4.96. The van der Waals surface area contributed by atoms with Crippen molar-refractivity contribution in [2.45, 2.75) is 45.1 Å². The van der Waals surface area contributed by atoms with Crippen LogP contribution in [0.15, 0.2) is 36.8 Å². The number of fused-ring (bicyclic) bond motifs is 6. The van der Waals surface area contributed by atoms with E-state index in [9.17, 15) is 8.78 Å². The predicted octanol–water partition coefficient (Wildman–Crippen LogP) is 4.11. The molecule has 4 aromatic rings. The number of aryl methyl sites for hydroxylation is 1. The first-order valence-electron chi connectivity index (χ1n) is 11.1. The second-order valence-corrected chi connectivity index (χ2v) is 8.52. The van der Waals surface area contributed by atoms with Gasteiger partial charge in [0.2, 0.25) is 5.95 Å². The van der Waals surface area contributed by atoms with E-state index in [4.69, 9.17) is 4.98 Å². The fraction of sp³-hybridized carbons (Fsp3) is 0.348. The van der Waals surface area contributed by atoms with Crippen molar-refractivity contribution in [3.63, 3.8) is 0 Å². The van der Waals surface area contributed by atoms with Gasteiger partial charge >= 0.3 is 0 Å². The van der Waals surface area contributed by atoms with E-state index in [1.165, 1.54) is 12.1 Å². The summed E-state index contributed by atoms with van der Waals surface area (Å²) in [7, 11) is 0. The number of piperidine rings is 1. The SMILES string of the molecule is CC[C@@]12CCCCN1c1nc(-n3ccnc3-c3ccc(F)cc3F)ncc1-n1c(C)nnc12. The lowest BCUT2D eigenvalue weighted by molar-refractivity contribution is 0.274. The zero-order valence-electron chi connectivity index (χ0n) is 18.3. The quantitative estimate of drug-likeness (QED) is 0.470. The van der Waals surface area contributed by atoms with Crippen LogP contribution in [0.3, 0.4) is 0 Å². The third kappa shape index (κ3) is 2.76. The molecule has 0 N–H and O–H groups in total. The maximum atomic E-state index is 14.5. The van der Waals surface area contributed by atoms with Crippen LogP contribution in [0.1, 0.15) is 44.3 Å². The van der Waals surface area contributed by atoms with E-state index in [0.29, 0.717) is 11.8 Å². The number of imidazole rings is 1. The molecule has 0 aliphatic carbocycles. The van der Waals surface area contributed by atoms with Gasteiger partial charge in [0, 0.05) is 25.0 Å². The van der Waals surface area contributed by atoms with Crippen molar-refractivity contribution in [3.05, 3.63) is 60.1 Å². The number of benzene rings is 1. The van der Waals surface area contributed by atoms with Crippen LogP contribution in [-0.4, -0.2) is 40.8 Å². The minimum atomic E-state index is -0.689. The molecule has 0 bridgehead atoms. The Morgan fingerprint density at radius 1 is 1.12 bits per heavy atom. The maximum absolute atomic E-state index is 14.5. The summed E-state index contributed by atoms with van der Waals surface area (Å²) < 4.78 is 31.6. The molecule has 1 atom stereocenters. The molecule has 0 radical (unpaired) electrons. The van der Waals surface area contributed by atoms with Crippen molar-refractivity contribution in [3.8, 4) is 23.0 Å². The van der Waals surface area contributed by atoms with Crippen molar-refractivity contribution in [2.24, 2.45) is 0 Å². The fourth-order valence-corrected chi connectivity index (χ4v) is 5.22. The van der Waals surface area contributed by atoms with Gasteiger partial charge in [0.05, 0.1) is 11.8 Å². The molecule has 0 spiro atoms. The Morgan fingerprint density at radius 2 is 2.00 bits per heavy atom. The molecule has 33 heavy (non-hydrogen) atoms. The molecule has 1 aromatic carbocycles. The lowest BCUT2D eigenvalue weighted by Gasteiger charge is -2.49. The van der Waals surface area contributed by atoms with E-state index in [2.05, 4.69) is 36.6 Å². The number of rotatable bonds is 3. The smallest absolute Gasteiger partial charge is 0.237 e. The van der Waals surface area contributed by atoms with Crippen LogP contribution in [0.5, 0.6) is 0 Å². The van der Waals surface area contributed by atoms with Gasteiger partial charge in [-0.2, -0.15) is 4.98 Å². The number of aromatic nitrogens is 7. The number of nitrogens with zero attached hydrogens (tertiary/aromatic N) is 8. The standard InChI is InChI=1S/C23H22F2N8/c1-3-23-8-4-5-10-32(23)20-18(33-14(2)29-30-21(23)33)13-27-22(28-20)31-11-9-26-19(31)16-7-6-15(24)12-17(16)25/h6-7,9,11-13H,3-5,8,10H2,1-2H3/t23-/m0/s1. The monoisotopic (exact) mass is 448 g/mol. The highest BCUT2D eigenvalue weighted by Crippen LogP contribution is 2.48. The zero-order chi connectivity index (χ0) is 22.7.